The number of hydrogen-bond donors (Lipinski definition) is 2. The van der Waals surface area contributed by atoms with Gasteiger partial charge in [-0.3, -0.25) is 4.79 Å². The molecule has 1 aromatic carbocycles. The average Bonchev–Trinajstić information content (AvgIpc) is 2.25. The zero-order valence-electron chi connectivity index (χ0n) is 11.7. The van der Waals surface area contributed by atoms with Crippen molar-refractivity contribution in [2.45, 2.75) is 39.7 Å². The largest absolute Gasteiger partial charge is 0.380 e. The Kier molecular flexibility index (Phi) is 4.08. The molecule has 0 aromatic heterocycles. The number of amides is 1. The van der Waals surface area contributed by atoms with E-state index in [-0.39, 0.29) is 11.7 Å². The summed E-state index contributed by atoms with van der Waals surface area (Å²) in [7, 11) is 0. The van der Waals surface area contributed by atoms with Crippen molar-refractivity contribution >= 4 is 17.3 Å². The molecule has 0 unspecified atom stereocenters. The van der Waals surface area contributed by atoms with Crippen LogP contribution < -0.4 is 10.6 Å². The zero-order chi connectivity index (χ0) is 14.0. The molecule has 0 spiro atoms. The molecule has 0 aliphatic heterocycles. The van der Waals surface area contributed by atoms with E-state index >= 15 is 0 Å². The van der Waals surface area contributed by atoms with Crippen LogP contribution in [0.5, 0.6) is 0 Å². The third-order valence-electron chi connectivity index (χ3n) is 3.76. The van der Waals surface area contributed by atoms with Crippen molar-refractivity contribution in [2.24, 2.45) is 11.8 Å². The molecule has 0 atom stereocenters. The van der Waals surface area contributed by atoms with E-state index in [1.54, 1.807) is 12.1 Å². The minimum absolute atomic E-state index is 0.152. The lowest BCUT2D eigenvalue weighted by Crippen LogP contribution is -2.38. The molecule has 1 amide bonds. The van der Waals surface area contributed by atoms with E-state index in [1.807, 2.05) is 0 Å². The molecule has 4 heteroatoms. The van der Waals surface area contributed by atoms with Gasteiger partial charge in [-0.25, -0.2) is 4.39 Å². The van der Waals surface area contributed by atoms with E-state index in [0.29, 0.717) is 23.3 Å². The number of anilines is 2. The second-order valence-corrected chi connectivity index (χ2v) is 5.69. The Labute approximate surface area is 113 Å². The van der Waals surface area contributed by atoms with Gasteiger partial charge in [-0.05, 0) is 42.9 Å². The van der Waals surface area contributed by atoms with Crippen molar-refractivity contribution in [1.29, 1.82) is 0 Å². The van der Waals surface area contributed by atoms with Gasteiger partial charge in [-0.1, -0.05) is 13.8 Å². The Morgan fingerprint density at radius 1 is 1.37 bits per heavy atom. The van der Waals surface area contributed by atoms with Crippen molar-refractivity contribution in [1.82, 2.24) is 0 Å². The molecule has 19 heavy (non-hydrogen) atoms. The van der Waals surface area contributed by atoms with Gasteiger partial charge < -0.3 is 10.6 Å². The molecule has 2 N–H and O–H groups in total. The highest BCUT2D eigenvalue weighted by Crippen LogP contribution is 2.36. The summed E-state index contributed by atoms with van der Waals surface area (Å²) in [6.45, 7) is 5.88. The van der Waals surface area contributed by atoms with Crippen LogP contribution >= 0.6 is 0 Å². The van der Waals surface area contributed by atoms with E-state index in [1.165, 1.54) is 13.0 Å². The van der Waals surface area contributed by atoms with E-state index < -0.39 is 0 Å². The van der Waals surface area contributed by atoms with E-state index in [0.717, 1.165) is 18.8 Å². The van der Waals surface area contributed by atoms with Crippen molar-refractivity contribution in [3.63, 3.8) is 0 Å². The van der Waals surface area contributed by atoms with Crippen LogP contribution in [0, 0.1) is 17.7 Å². The summed E-state index contributed by atoms with van der Waals surface area (Å²) in [6.07, 6.45) is 2.17. The zero-order valence-corrected chi connectivity index (χ0v) is 11.7. The second-order valence-electron chi connectivity index (χ2n) is 5.69. The summed E-state index contributed by atoms with van der Waals surface area (Å²) in [5.74, 6) is 0.996. The van der Waals surface area contributed by atoms with Crippen molar-refractivity contribution in [3.8, 4) is 0 Å². The van der Waals surface area contributed by atoms with Crippen LogP contribution in [0.25, 0.3) is 0 Å². The highest BCUT2D eigenvalue weighted by Gasteiger charge is 2.31. The molecular formula is C15H21FN2O. The molecule has 3 nitrogen and oxygen atoms in total. The molecule has 104 valence electrons. The number of rotatable bonds is 4. The van der Waals surface area contributed by atoms with Crippen LogP contribution in [-0.4, -0.2) is 11.9 Å². The minimum Gasteiger partial charge on any atom is -0.380 e. The lowest BCUT2D eigenvalue weighted by Gasteiger charge is -2.39. The number of hydrogen-bond acceptors (Lipinski definition) is 2. The van der Waals surface area contributed by atoms with Crippen LogP contribution in [0.15, 0.2) is 18.2 Å². The summed E-state index contributed by atoms with van der Waals surface area (Å²) in [6, 6.07) is 4.94. The molecule has 1 aliphatic rings. The van der Waals surface area contributed by atoms with E-state index in [9.17, 15) is 9.18 Å². The summed E-state index contributed by atoms with van der Waals surface area (Å²) in [4.78, 5) is 11.0. The van der Waals surface area contributed by atoms with Gasteiger partial charge in [0.05, 0.1) is 5.69 Å². The van der Waals surface area contributed by atoms with E-state index in [2.05, 4.69) is 24.5 Å². The molecule has 0 heterocycles. The average molecular weight is 264 g/mol. The highest BCUT2D eigenvalue weighted by molar-refractivity contribution is 5.89. The fourth-order valence-corrected chi connectivity index (χ4v) is 2.46. The Hall–Kier alpha value is -1.58. The van der Waals surface area contributed by atoms with Crippen LogP contribution in [-0.2, 0) is 4.79 Å². The molecule has 1 saturated carbocycles. The van der Waals surface area contributed by atoms with Gasteiger partial charge in [0.15, 0.2) is 0 Å². The Morgan fingerprint density at radius 3 is 2.63 bits per heavy atom. The first kappa shape index (κ1) is 13.8. The first-order chi connectivity index (χ1) is 8.95. The molecule has 2 rings (SSSR count). The summed E-state index contributed by atoms with van der Waals surface area (Å²) in [5.41, 5.74) is 1.09. The Balaban J connectivity index is 1.98. The lowest BCUT2D eigenvalue weighted by atomic mass is 9.73. The van der Waals surface area contributed by atoms with Gasteiger partial charge in [0.1, 0.15) is 5.82 Å². The first-order valence-electron chi connectivity index (χ1n) is 6.79. The molecule has 0 radical (unpaired) electrons. The van der Waals surface area contributed by atoms with Crippen LogP contribution in [0.4, 0.5) is 15.8 Å². The van der Waals surface area contributed by atoms with Gasteiger partial charge in [0.25, 0.3) is 0 Å². The summed E-state index contributed by atoms with van der Waals surface area (Å²) >= 11 is 0. The van der Waals surface area contributed by atoms with Gasteiger partial charge in [-0.15, -0.1) is 0 Å². The predicted octanol–water partition coefficient (Wildman–Crippen LogP) is 3.63. The smallest absolute Gasteiger partial charge is 0.221 e. The maximum atomic E-state index is 13.7. The molecule has 0 bridgehead atoms. The van der Waals surface area contributed by atoms with Gasteiger partial charge in [-0.2, -0.15) is 0 Å². The molecule has 1 aromatic rings. The van der Waals surface area contributed by atoms with Crippen molar-refractivity contribution in [2.75, 3.05) is 10.6 Å². The maximum Gasteiger partial charge on any atom is 0.221 e. The summed E-state index contributed by atoms with van der Waals surface area (Å²) in [5, 5.41) is 5.88. The Morgan fingerprint density at radius 2 is 2.05 bits per heavy atom. The van der Waals surface area contributed by atoms with E-state index in [4.69, 9.17) is 0 Å². The maximum absolute atomic E-state index is 13.7. The monoisotopic (exact) mass is 264 g/mol. The van der Waals surface area contributed by atoms with Crippen LogP contribution in [0.1, 0.15) is 33.6 Å². The van der Waals surface area contributed by atoms with Crippen LogP contribution in [0.2, 0.25) is 0 Å². The number of carbonyl (C=O) groups excluding carboxylic acids is 1. The number of benzene rings is 1. The van der Waals surface area contributed by atoms with Gasteiger partial charge >= 0.3 is 0 Å². The Bertz CT molecular complexity index is 467. The van der Waals surface area contributed by atoms with Crippen LogP contribution in [0.3, 0.4) is 0 Å². The topological polar surface area (TPSA) is 41.1 Å². The quantitative estimate of drug-likeness (QED) is 0.872. The van der Waals surface area contributed by atoms with Gasteiger partial charge in [0, 0.05) is 18.7 Å². The van der Waals surface area contributed by atoms with Crippen molar-refractivity contribution in [3.05, 3.63) is 24.0 Å². The fraction of sp³-hybridized carbons (Fsp3) is 0.533. The SMILES string of the molecule is CC(=O)Nc1ccc(F)c(NC2CC(C(C)C)C2)c1. The molecular weight excluding hydrogens is 243 g/mol. The van der Waals surface area contributed by atoms with Crippen molar-refractivity contribution < 1.29 is 9.18 Å². The fourth-order valence-electron chi connectivity index (χ4n) is 2.46. The number of nitrogens with one attached hydrogen (secondary N) is 2. The normalized spacial score (nSPS) is 21.9. The number of carbonyl (C=O) groups is 1. The lowest BCUT2D eigenvalue weighted by molar-refractivity contribution is -0.114. The molecule has 1 fully saturated rings. The standard InChI is InChI=1S/C15H21FN2O/c1-9(2)11-6-13(7-11)18-15-8-12(17-10(3)19)4-5-14(15)16/h4-5,8-9,11,13,18H,6-7H2,1-3H3,(H,17,19). The highest BCUT2D eigenvalue weighted by atomic mass is 19.1. The third-order valence-corrected chi connectivity index (χ3v) is 3.76. The molecule has 0 saturated heterocycles. The van der Waals surface area contributed by atoms with Gasteiger partial charge in [0.2, 0.25) is 5.91 Å². The second kappa shape index (κ2) is 5.59. The summed E-state index contributed by atoms with van der Waals surface area (Å²) < 4.78 is 13.7. The molecule has 1 aliphatic carbocycles. The number of halogens is 1. The first-order valence-corrected chi connectivity index (χ1v) is 6.79. The predicted molar refractivity (Wildman–Crippen MR) is 75.7 cm³/mol. The minimum atomic E-state index is -0.276. The third kappa shape index (κ3) is 3.46.